The van der Waals surface area contributed by atoms with Crippen molar-refractivity contribution in [2.24, 2.45) is 7.05 Å². The average Bonchev–Trinajstić information content (AvgIpc) is 2.85. The van der Waals surface area contributed by atoms with Gasteiger partial charge in [0.2, 0.25) is 0 Å². The summed E-state index contributed by atoms with van der Waals surface area (Å²) in [5, 5.41) is 0. The Morgan fingerprint density at radius 3 is 1.96 bits per heavy atom. The molecule has 0 bridgehead atoms. The molecule has 2 aromatic carbocycles. The number of halogens is 3. The summed E-state index contributed by atoms with van der Waals surface area (Å²) in [5.74, 6) is 0.517. The topological polar surface area (TPSA) is 8.81 Å². The van der Waals surface area contributed by atoms with E-state index in [-0.39, 0.29) is 0 Å². The van der Waals surface area contributed by atoms with Crippen molar-refractivity contribution in [2.75, 3.05) is 0 Å². The summed E-state index contributed by atoms with van der Waals surface area (Å²) >= 11 is 0. The maximum absolute atomic E-state index is 13.8. The molecule has 0 amide bonds. The van der Waals surface area contributed by atoms with Crippen LogP contribution in [0, 0.1) is 20.8 Å². The predicted octanol–water partition coefficient (Wildman–Crippen LogP) is 4.91. The van der Waals surface area contributed by atoms with Crippen LogP contribution >= 0.6 is 0 Å². The number of alkyl halides is 3. The summed E-state index contributed by atoms with van der Waals surface area (Å²) in [7, 11) is 1.65. The predicted molar refractivity (Wildman–Crippen MR) is 91.6 cm³/mol. The van der Waals surface area contributed by atoms with Gasteiger partial charge in [-0.15, -0.1) is 0 Å². The Balaban J connectivity index is 2.46. The number of aryl methyl sites for hydroxylation is 4. The van der Waals surface area contributed by atoms with Crippen LogP contribution < -0.4 is 4.57 Å². The van der Waals surface area contributed by atoms with Crippen LogP contribution in [0.2, 0.25) is 0 Å². The van der Waals surface area contributed by atoms with Crippen LogP contribution in [0.1, 0.15) is 22.4 Å². The molecule has 1 aromatic heterocycles. The van der Waals surface area contributed by atoms with E-state index in [0.717, 1.165) is 28.5 Å². The normalized spacial score (nSPS) is 11.8. The molecule has 0 fully saturated rings. The van der Waals surface area contributed by atoms with Gasteiger partial charge in [-0.3, -0.25) is 0 Å². The van der Waals surface area contributed by atoms with Crippen molar-refractivity contribution in [3.63, 3.8) is 0 Å². The number of para-hydroxylation sites is 1. The molecule has 2 nitrogen and oxygen atoms in total. The van der Waals surface area contributed by atoms with Gasteiger partial charge in [0.1, 0.15) is 11.9 Å². The molecular weight excluding hydrogens is 325 g/mol. The summed E-state index contributed by atoms with van der Waals surface area (Å²) in [6.07, 6.45) is -3.29. The molecule has 5 heteroatoms. The van der Waals surface area contributed by atoms with Crippen LogP contribution in [0.5, 0.6) is 0 Å². The summed E-state index contributed by atoms with van der Waals surface area (Å²) in [4.78, 5) is 0. The molecule has 1 heterocycles. The SMILES string of the molecule is Cc1ccccc1-c1n(-c2c(C)cccc2C)c(C(F)(F)F)c[n+]1C. The molecule has 0 saturated carbocycles. The molecule has 25 heavy (non-hydrogen) atoms. The lowest BCUT2D eigenvalue weighted by molar-refractivity contribution is -0.659. The highest BCUT2D eigenvalue weighted by molar-refractivity contribution is 5.63. The Morgan fingerprint density at radius 1 is 0.840 bits per heavy atom. The lowest BCUT2D eigenvalue weighted by atomic mass is 10.1. The zero-order valence-electron chi connectivity index (χ0n) is 14.6. The summed E-state index contributed by atoms with van der Waals surface area (Å²) < 4.78 is 44.2. The van der Waals surface area contributed by atoms with E-state index in [1.54, 1.807) is 11.6 Å². The maximum atomic E-state index is 13.8. The van der Waals surface area contributed by atoms with Crippen molar-refractivity contribution in [2.45, 2.75) is 26.9 Å². The van der Waals surface area contributed by atoms with Crippen LogP contribution in [0.3, 0.4) is 0 Å². The number of nitrogens with zero attached hydrogens (tertiary/aromatic N) is 2. The first kappa shape index (κ1) is 17.3. The second-order valence-corrected chi connectivity index (χ2v) is 6.34. The largest absolute Gasteiger partial charge is 0.457 e. The zero-order chi connectivity index (χ0) is 18.4. The van der Waals surface area contributed by atoms with Crippen LogP contribution in [-0.4, -0.2) is 4.57 Å². The fourth-order valence-electron chi connectivity index (χ4n) is 3.29. The van der Waals surface area contributed by atoms with Crippen molar-refractivity contribution >= 4 is 0 Å². The molecule has 0 atom stereocenters. The van der Waals surface area contributed by atoms with E-state index in [0.29, 0.717) is 11.5 Å². The highest BCUT2D eigenvalue weighted by Crippen LogP contribution is 2.36. The van der Waals surface area contributed by atoms with Crippen molar-refractivity contribution < 1.29 is 17.7 Å². The maximum Gasteiger partial charge on any atom is 0.457 e. The van der Waals surface area contributed by atoms with E-state index in [2.05, 4.69) is 0 Å². The number of benzene rings is 2. The van der Waals surface area contributed by atoms with E-state index in [1.807, 2.05) is 63.2 Å². The molecule has 0 saturated heterocycles. The van der Waals surface area contributed by atoms with Crippen molar-refractivity contribution in [1.29, 1.82) is 0 Å². The average molecular weight is 345 g/mol. The Kier molecular flexibility index (Phi) is 4.19. The summed E-state index contributed by atoms with van der Waals surface area (Å²) in [5.41, 5.74) is 3.22. The number of hydrogen-bond donors (Lipinski definition) is 0. The third kappa shape index (κ3) is 2.95. The molecule has 0 N–H and O–H groups in total. The van der Waals surface area contributed by atoms with E-state index in [1.165, 1.54) is 4.57 Å². The van der Waals surface area contributed by atoms with Crippen LogP contribution in [0.4, 0.5) is 13.2 Å². The molecule has 0 radical (unpaired) electrons. The highest BCUT2D eigenvalue weighted by Gasteiger charge is 2.44. The number of imidazole rings is 1. The number of aromatic nitrogens is 2. The van der Waals surface area contributed by atoms with Gasteiger partial charge in [-0.25, -0.2) is 4.57 Å². The second kappa shape index (κ2) is 6.06. The van der Waals surface area contributed by atoms with E-state index >= 15 is 0 Å². The smallest absolute Gasteiger partial charge is 0.232 e. The van der Waals surface area contributed by atoms with Gasteiger partial charge in [0.25, 0.3) is 11.5 Å². The van der Waals surface area contributed by atoms with E-state index < -0.39 is 11.9 Å². The molecule has 130 valence electrons. The molecule has 0 aliphatic heterocycles. The van der Waals surface area contributed by atoms with Gasteiger partial charge in [0.05, 0.1) is 12.6 Å². The van der Waals surface area contributed by atoms with E-state index in [9.17, 15) is 13.2 Å². The lowest BCUT2D eigenvalue weighted by Gasteiger charge is -2.13. The molecule has 3 aromatic rings. The molecule has 0 aliphatic rings. The first-order valence-corrected chi connectivity index (χ1v) is 8.03. The monoisotopic (exact) mass is 345 g/mol. The highest BCUT2D eigenvalue weighted by atomic mass is 19.4. The minimum Gasteiger partial charge on any atom is -0.232 e. The van der Waals surface area contributed by atoms with Crippen LogP contribution in [-0.2, 0) is 13.2 Å². The first-order valence-electron chi connectivity index (χ1n) is 8.03. The van der Waals surface area contributed by atoms with Gasteiger partial charge in [0.15, 0.2) is 0 Å². The van der Waals surface area contributed by atoms with Crippen molar-refractivity contribution in [3.05, 3.63) is 71.0 Å². The Hall–Kier alpha value is -2.56. The minimum absolute atomic E-state index is 0.517. The zero-order valence-corrected chi connectivity index (χ0v) is 14.6. The quantitative estimate of drug-likeness (QED) is 0.584. The molecular formula is C20H20F3N2+. The summed E-state index contributed by atoms with van der Waals surface area (Å²) in [6.45, 7) is 5.58. The van der Waals surface area contributed by atoms with Crippen LogP contribution in [0.25, 0.3) is 17.1 Å². The third-order valence-corrected chi connectivity index (χ3v) is 4.44. The first-order chi connectivity index (χ1) is 11.7. The number of rotatable bonds is 2. The van der Waals surface area contributed by atoms with E-state index in [4.69, 9.17) is 0 Å². The van der Waals surface area contributed by atoms with Gasteiger partial charge in [-0.05, 0) is 43.5 Å². The Morgan fingerprint density at radius 2 is 1.40 bits per heavy atom. The Labute approximate surface area is 145 Å². The van der Waals surface area contributed by atoms with Gasteiger partial charge in [-0.1, -0.05) is 36.4 Å². The fourth-order valence-corrected chi connectivity index (χ4v) is 3.29. The third-order valence-electron chi connectivity index (χ3n) is 4.44. The van der Waals surface area contributed by atoms with Gasteiger partial charge in [-0.2, -0.15) is 17.7 Å². The van der Waals surface area contributed by atoms with Gasteiger partial charge >= 0.3 is 6.18 Å². The van der Waals surface area contributed by atoms with Gasteiger partial charge < -0.3 is 0 Å². The molecule has 3 rings (SSSR count). The standard InChI is InChI=1S/C20H20F3N2/c1-13-8-5-6-11-16(13)19-24(4)12-17(20(21,22)23)25(19)18-14(2)9-7-10-15(18)3/h5-12H,1-4H3/q+1. The van der Waals surface area contributed by atoms with Crippen LogP contribution in [0.15, 0.2) is 48.7 Å². The molecule has 0 unspecified atom stereocenters. The lowest BCUT2D eigenvalue weighted by Crippen LogP contribution is -2.29. The second-order valence-electron chi connectivity index (χ2n) is 6.34. The fraction of sp³-hybridized carbons (Fsp3) is 0.250. The molecule has 0 aliphatic carbocycles. The van der Waals surface area contributed by atoms with Crippen molar-refractivity contribution in [1.82, 2.24) is 4.57 Å². The Bertz CT molecular complexity index is 916. The summed E-state index contributed by atoms with van der Waals surface area (Å²) in [6, 6.07) is 13.0. The van der Waals surface area contributed by atoms with Crippen molar-refractivity contribution in [3.8, 4) is 17.1 Å². The van der Waals surface area contributed by atoms with Gasteiger partial charge in [0, 0.05) is 0 Å². The number of hydrogen-bond acceptors (Lipinski definition) is 0. The molecule has 0 spiro atoms. The minimum atomic E-state index is -4.45.